The number of amides is 1. The lowest BCUT2D eigenvalue weighted by Crippen LogP contribution is -2.35. The molecule has 0 spiro atoms. The molecule has 2 rings (SSSR count). The summed E-state index contributed by atoms with van der Waals surface area (Å²) >= 11 is 0. The van der Waals surface area contributed by atoms with Gasteiger partial charge in [0.1, 0.15) is 11.6 Å². The van der Waals surface area contributed by atoms with Crippen LogP contribution in [0.4, 0.5) is 23.2 Å². The molecule has 2 aromatic rings. The van der Waals surface area contributed by atoms with E-state index < -0.39 is 54.2 Å². The van der Waals surface area contributed by atoms with Gasteiger partial charge in [-0.15, -0.1) is 0 Å². The van der Waals surface area contributed by atoms with Crippen molar-refractivity contribution in [3.8, 4) is 5.75 Å². The second kappa shape index (κ2) is 8.80. The van der Waals surface area contributed by atoms with E-state index in [1.165, 1.54) is 0 Å². The van der Waals surface area contributed by atoms with E-state index in [0.717, 1.165) is 44.5 Å². The van der Waals surface area contributed by atoms with E-state index in [1.807, 2.05) is 0 Å². The van der Waals surface area contributed by atoms with Crippen molar-refractivity contribution in [1.29, 1.82) is 0 Å². The largest absolute Gasteiger partial charge is 0.501 e. The number of benzene rings is 2. The number of rotatable bonds is 7. The van der Waals surface area contributed by atoms with Crippen molar-refractivity contribution in [3.63, 3.8) is 0 Å². The number of likely N-dealkylation sites (N-methyl/N-ethyl adjacent to an activating group) is 1. The van der Waals surface area contributed by atoms with Crippen LogP contribution < -0.4 is 10.1 Å². The van der Waals surface area contributed by atoms with Crippen molar-refractivity contribution in [3.05, 3.63) is 48.3 Å². The fourth-order valence-electron chi connectivity index (χ4n) is 2.35. The number of hydrogen-bond donors (Lipinski definition) is 1. The Bertz CT molecular complexity index is 1180. The molecule has 0 aliphatic heterocycles. The number of sulfone groups is 1. The summed E-state index contributed by atoms with van der Waals surface area (Å²) < 4.78 is 105. The summed E-state index contributed by atoms with van der Waals surface area (Å²) in [4.78, 5) is 10.8. The molecule has 170 valence electrons. The number of nitrogens with zero attached hydrogens (tertiary/aromatic N) is 1. The highest BCUT2D eigenvalue weighted by atomic mass is 32.2. The maximum Gasteiger partial charge on any atom is 0.501 e. The fourth-order valence-corrected chi connectivity index (χ4v) is 4.26. The van der Waals surface area contributed by atoms with Gasteiger partial charge in [-0.3, -0.25) is 4.79 Å². The smallest absolute Gasteiger partial charge is 0.495 e. The quantitative estimate of drug-likeness (QED) is 0.605. The first-order chi connectivity index (χ1) is 14.2. The molecule has 0 radical (unpaired) electrons. The number of methoxy groups -OCH3 is 1. The zero-order chi connectivity index (χ0) is 23.6. The highest BCUT2D eigenvalue weighted by Gasteiger charge is 2.47. The summed E-state index contributed by atoms with van der Waals surface area (Å²) in [5.74, 6) is -1.81. The Balaban J connectivity index is 2.27. The number of alkyl halides is 3. The molecule has 1 N–H and O–H groups in total. The average Bonchev–Trinajstić information content (AvgIpc) is 2.67. The standard InChI is InChI=1S/C17H16F4N2O6S2/c1-23(31(27,28)12-5-3-11(18)4-6-12)10-16(24)22-14-9-13(7-8-15(14)29-2)30(25,26)17(19,20)21/h3-9H,10H2,1-2H3,(H,22,24). The van der Waals surface area contributed by atoms with Gasteiger partial charge in [-0.2, -0.15) is 17.5 Å². The van der Waals surface area contributed by atoms with Gasteiger partial charge in [-0.25, -0.2) is 21.2 Å². The Morgan fingerprint density at radius 2 is 1.58 bits per heavy atom. The molecule has 0 fully saturated rings. The van der Waals surface area contributed by atoms with E-state index in [-0.39, 0.29) is 10.6 Å². The number of halogens is 4. The second-order valence-corrected chi connectivity index (χ2v) is 10.1. The van der Waals surface area contributed by atoms with Crippen molar-refractivity contribution < 1.29 is 43.9 Å². The number of carbonyl (C=O) groups excluding carboxylic acids is 1. The van der Waals surface area contributed by atoms with E-state index in [0.29, 0.717) is 16.4 Å². The van der Waals surface area contributed by atoms with Crippen molar-refractivity contribution in [2.24, 2.45) is 0 Å². The van der Waals surface area contributed by atoms with E-state index in [9.17, 15) is 39.2 Å². The van der Waals surface area contributed by atoms with Crippen LogP contribution in [0.15, 0.2) is 52.3 Å². The molecule has 0 aliphatic rings. The first-order valence-corrected chi connectivity index (χ1v) is 11.1. The molecule has 14 heteroatoms. The normalized spacial score (nSPS) is 12.6. The van der Waals surface area contributed by atoms with Crippen molar-refractivity contribution in [1.82, 2.24) is 4.31 Å². The zero-order valence-electron chi connectivity index (χ0n) is 16.0. The van der Waals surface area contributed by atoms with Gasteiger partial charge in [0.25, 0.3) is 9.84 Å². The summed E-state index contributed by atoms with van der Waals surface area (Å²) in [5.41, 5.74) is -5.97. The van der Waals surface area contributed by atoms with Crippen LogP contribution in [-0.4, -0.2) is 53.3 Å². The number of sulfonamides is 1. The molecular weight excluding hydrogens is 468 g/mol. The maximum absolute atomic E-state index is 13.0. The number of hydrogen-bond acceptors (Lipinski definition) is 6. The van der Waals surface area contributed by atoms with Crippen LogP contribution in [0.5, 0.6) is 5.75 Å². The number of nitrogens with one attached hydrogen (secondary N) is 1. The van der Waals surface area contributed by atoms with Gasteiger partial charge in [0.2, 0.25) is 15.9 Å². The SMILES string of the molecule is COc1ccc(S(=O)(=O)C(F)(F)F)cc1NC(=O)CN(C)S(=O)(=O)c1ccc(F)cc1. The Kier molecular flexibility index (Phi) is 6.97. The molecule has 2 aromatic carbocycles. The van der Waals surface area contributed by atoms with E-state index in [1.54, 1.807) is 0 Å². The summed E-state index contributed by atoms with van der Waals surface area (Å²) in [6.45, 7) is -0.779. The monoisotopic (exact) mass is 484 g/mol. The Hall–Kier alpha value is -2.71. The third-order valence-corrected chi connectivity index (χ3v) is 7.25. The fraction of sp³-hybridized carbons (Fsp3) is 0.235. The highest BCUT2D eigenvalue weighted by molar-refractivity contribution is 7.92. The minimum atomic E-state index is -5.69. The maximum atomic E-state index is 13.0. The molecule has 0 aromatic heterocycles. The molecule has 0 saturated heterocycles. The van der Waals surface area contributed by atoms with Crippen LogP contribution in [0.3, 0.4) is 0 Å². The van der Waals surface area contributed by atoms with E-state index in [2.05, 4.69) is 5.32 Å². The number of carbonyl (C=O) groups is 1. The first-order valence-electron chi connectivity index (χ1n) is 8.21. The number of ether oxygens (including phenoxy) is 1. The molecule has 0 saturated carbocycles. The third-order valence-electron chi connectivity index (χ3n) is 3.95. The zero-order valence-corrected chi connectivity index (χ0v) is 17.6. The third kappa shape index (κ3) is 5.32. The van der Waals surface area contributed by atoms with Gasteiger partial charge in [0.15, 0.2) is 0 Å². The van der Waals surface area contributed by atoms with Crippen molar-refractivity contribution in [2.75, 3.05) is 26.0 Å². The Labute approximate surface area is 175 Å². The van der Waals surface area contributed by atoms with Gasteiger partial charge in [0.05, 0.1) is 29.1 Å². The van der Waals surface area contributed by atoms with Crippen LogP contribution in [0.1, 0.15) is 0 Å². The lowest BCUT2D eigenvalue weighted by atomic mass is 10.3. The molecule has 0 bridgehead atoms. The molecule has 0 heterocycles. The van der Waals surface area contributed by atoms with Crippen molar-refractivity contribution in [2.45, 2.75) is 15.3 Å². The van der Waals surface area contributed by atoms with Gasteiger partial charge >= 0.3 is 5.51 Å². The molecule has 8 nitrogen and oxygen atoms in total. The van der Waals surface area contributed by atoms with Crippen LogP contribution in [0.25, 0.3) is 0 Å². The van der Waals surface area contributed by atoms with Crippen molar-refractivity contribution >= 4 is 31.5 Å². The van der Waals surface area contributed by atoms with Gasteiger partial charge < -0.3 is 10.1 Å². The predicted octanol–water partition coefficient (Wildman–Crippen LogP) is 2.39. The minimum absolute atomic E-state index is 0.154. The lowest BCUT2D eigenvalue weighted by Gasteiger charge is -2.18. The molecule has 0 aliphatic carbocycles. The summed E-state index contributed by atoms with van der Waals surface area (Å²) in [6.07, 6.45) is 0. The summed E-state index contributed by atoms with van der Waals surface area (Å²) in [5, 5.41) is 2.13. The van der Waals surface area contributed by atoms with E-state index in [4.69, 9.17) is 4.74 Å². The molecule has 1 amide bonds. The van der Waals surface area contributed by atoms with Gasteiger partial charge in [-0.05, 0) is 42.5 Å². The van der Waals surface area contributed by atoms with Crippen LogP contribution in [0.2, 0.25) is 0 Å². The van der Waals surface area contributed by atoms with Crippen LogP contribution in [0, 0.1) is 5.82 Å². The van der Waals surface area contributed by atoms with Crippen LogP contribution in [-0.2, 0) is 24.7 Å². The number of anilines is 1. The summed E-state index contributed by atoms with van der Waals surface area (Å²) in [6, 6.07) is 5.93. The van der Waals surface area contributed by atoms with Gasteiger partial charge in [0, 0.05) is 7.05 Å². The average molecular weight is 484 g/mol. The summed E-state index contributed by atoms with van der Waals surface area (Å²) in [7, 11) is -7.68. The molecule has 31 heavy (non-hydrogen) atoms. The topological polar surface area (TPSA) is 110 Å². The van der Waals surface area contributed by atoms with E-state index >= 15 is 0 Å². The Morgan fingerprint density at radius 3 is 2.10 bits per heavy atom. The molecule has 0 unspecified atom stereocenters. The molecular formula is C17H16F4N2O6S2. The Morgan fingerprint density at radius 1 is 1.03 bits per heavy atom. The predicted molar refractivity (Wildman–Crippen MR) is 101 cm³/mol. The van der Waals surface area contributed by atoms with Gasteiger partial charge in [-0.1, -0.05) is 0 Å². The minimum Gasteiger partial charge on any atom is -0.495 e. The van der Waals surface area contributed by atoms with Crippen LogP contribution >= 0.6 is 0 Å². The lowest BCUT2D eigenvalue weighted by molar-refractivity contribution is -0.116. The second-order valence-electron chi connectivity index (χ2n) is 6.07. The molecule has 0 atom stereocenters. The first kappa shape index (κ1) is 24.6. The highest BCUT2D eigenvalue weighted by Crippen LogP contribution is 2.34.